The molecular weight excluding hydrogens is 264 g/mol. The van der Waals surface area contributed by atoms with Crippen LogP contribution in [0.25, 0.3) is 0 Å². The molecule has 1 aliphatic heterocycles. The predicted octanol–water partition coefficient (Wildman–Crippen LogP) is 0.915. The zero-order valence-corrected chi connectivity index (χ0v) is 12.8. The van der Waals surface area contributed by atoms with E-state index in [9.17, 15) is 13.2 Å². The van der Waals surface area contributed by atoms with E-state index in [2.05, 4.69) is 0 Å². The quantitative estimate of drug-likeness (QED) is 0.756. The lowest BCUT2D eigenvalue weighted by molar-refractivity contribution is -0.128. The van der Waals surface area contributed by atoms with Gasteiger partial charge in [-0.3, -0.25) is 4.79 Å². The summed E-state index contributed by atoms with van der Waals surface area (Å²) < 4.78 is 26.3. The van der Waals surface area contributed by atoms with Gasteiger partial charge < -0.3 is 4.90 Å². The maximum atomic E-state index is 12.4. The third kappa shape index (κ3) is 3.28. The Kier molecular flexibility index (Phi) is 4.20. The first-order valence-corrected chi connectivity index (χ1v) is 8.52. The number of rotatable bonds is 5. The van der Waals surface area contributed by atoms with E-state index >= 15 is 0 Å². The van der Waals surface area contributed by atoms with Crippen molar-refractivity contribution in [2.45, 2.75) is 37.9 Å². The van der Waals surface area contributed by atoms with Gasteiger partial charge in [-0.1, -0.05) is 12.8 Å². The van der Waals surface area contributed by atoms with Crippen molar-refractivity contribution in [1.82, 2.24) is 9.21 Å². The average molecular weight is 288 g/mol. The fraction of sp³-hybridized carbons (Fsp3) is 0.923. The fourth-order valence-electron chi connectivity index (χ4n) is 2.76. The molecule has 2 fully saturated rings. The molecular formula is C13H24N2O3S. The second kappa shape index (κ2) is 5.40. The van der Waals surface area contributed by atoms with Crippen molar-refractivity contribution in [3.05, 3.63) is 0 Å². The summed E-state index contributed by atoms with van der Waals surface area (Å²) >= 11 is 0. The highest BCUT2D eigenvalue weighted by Gasteiger charge is 2.39. The lowest BCUT2D eigenvalue weighted by Gasteiger charge is -2.23. The minimum absolute atomic E-state index is 0.342. The summed E-state index contributed by atoms with van der Waals surface area (Å²) in [6.45, 7) is 2.67. The van der Waals surface area contributed by atoms with Crippen LogP contribution in [0.4, 0.5) is 0 Å². The van der Waals surface area contributed by atoms with Crippen LogP contribution in [0.2, 0.25) is 0 Å². The molecule has 19 heavy (non-hydrogen) atoms. The highest BCUT2D eigenvalue weighted by atomic mass is 32.2. The summed E-state index contributed by atoms with van der Waals surface area (Å²) in [6.07, 6.45) is 4.71. The standard InChI is InChI=1S/C13H24N2O3S/c1-10(13(16)14(2)3)19(17,18)15-7-6-12(9-15)8-11-4-5-11/h10-12H,4-9H2,1-3H3. The third-order valence-electron chi connectivity index (χ3n) is 4.21. The van der Waals surface area contributed by atoms with E-state index in [0.29, 0.717) is 19.0 Å². The van der Waals surface area contributed by atoms with Gasteiger partial charge in [0.15, 0.2) is 5.25 Å². The molecule has 2 atom stereocenters. The Balaban J connectivity index is 1.97. The van der Waals surface area contributed by atoms with Crippen molar-refractivity contribution >= 4 is 15.9 Å². The molecule has 0 N–H and O–H groups in total. The second-order valence-electron chi connectivity index (χ2n) is 6.11. The number of carbonyl (C=O) groups excluding carboxylic acids is 1. The molecule has 2 aliphatic rings. The van der Waals surface area contributed by atoms with E-state index in [1.165, 1.54) is 29.0 Å². The topological polar surface area (TPSA) is 57.7 Å². The Morgan fingerprint density at radius 2 is 1.89 bits per heavy atom. The van der Waals surface area contributed by atoms with Gasteiger partial charge in [-0.2, -0.15) is 0 Å². The lowest BCUT2D eigenvalue weighted by atomic mass is 10.0. The first kappa shape index (κ1) is 14.8. The Hall–Kier alpha value is -0.620. The first-order chi connectivity index (χ1) is 8.82. The maximum absolute atomic E-state index is 12.4. The largest absolute Gasteiger partial charge is 0.348 e. The lowest BCUT2D eigenvalue weighted by Crippen LogP contribution is -2.44. The number of carbonyl (C=O) groups is 1. The second-order valence-corrected chi connectivity index (χ2v) is 8.37. The molecule has 0 aromatic carbocycles. The number of nitrogens with zero attached hydrogens (tertiary/aromatic N) is 2. The van der Waals surface area contributed by atoms with Crippen molar-refractivity contribution in [3.63, 3.8) is 0 Å². The monoisotopic (exact) mass is 288 g/mol. The van der Waals surface area contributed by atoms with E-state index in [4.69, 9.17) is 0 Å². The van der Waals surface area contributed by atoms with Gasteiger partial charge in [0.2, 0.25) is 15.9 Å². The highest BCUT2D eigenvalue weighted by molar-refractivity contribution is 7.90. The molecule has 0 aromatic rings. The molecule has 1 heterocycles. The highest BCUT2D eigenvalue weighted by Crippen LogP contribution is 2.38. The molecule has 0 spiro atoms. The molecule has 1 amide bonds. The van der Waals surface area contributed by atoms with Crippen LogP contribution < -0.4 is 0 Å². The zero-order chi connectivity index (χ0) is 14.2. The van der Waals surface area contributed by atoms with Crippen LogP contribution in [0, 0.1) is 11.8 Å². The number of hydrogen-bond donors (Lipinski definition) is 0. The van der Waals surface area contributed by atoms with Crippen LogP contribution >= 0.6 is 0 Å². The van der Waals surface area contributed by atoms with Gasteiger partial charge in [0.25, 0.3) is 0 Å². The van der Waals surface area contributed by atoms with Crippen LogP contribution in [-0.4, -0.2) is 56.0 Å². The summed E-state index contributed by atoms with van der Waals surface area (Å²) in [7, 11) is -0.306. The Morgan fingerprint density at radius 3 is 2.42 bits per heavy atom. The summed E-state index contributed by atoms with van der Waals surface area (Å²) in [6, 6.07) is 0. The third-order valence-corrected chi connectivity index (χ3v) is 6.35. The minimum Gasteiger partial charge on any atom is -0.348 e. The SMILES string of the molecule is CC(C(=O)N(C)C)S(=O)(=O)N1CCC(CC2CC2)C1. The molecule has 1 aliphatic carbocycles. The molecule has 6 heteroatoms. The average Bonchev–Trinajstić information content (AvgIpc) is 3.02. The smallest absolute Gasteiger partial charge is 0.241 e. The first-order valence-electron chi connectivity index (χ1n) is 7.02. The molecule has 1 saturated carbocycles. The van der Waals surface area contributed by atoms with Crippen LogP contribution in [0.5, 0.6) is 0 Å². The van der Waals surface area contributed by atoms with Gasteiger partial charge in [-0.25, -0.2) is 12.7 Å². The van der Waals surface area contributed by atoms with Crippen molar-refractivity contribution in [1.29, 1.82) is 0 Å². The Labute approximate surface area is 116 Å². The van der Waals surface area contributed by atoms with Gasteiger partial charge in [0.05, 0.1) is 0 Å². The zero-order valence-electron chi connectivity index (χ0n) is 12.0. The number of hydrogen-bond acceptors (Lipinski definition) is 3. The molecule has 0 bridgehead atoms. The van der Waals surface area contributed by atoms with Crippen molar-refractivity contribution in [3.8, 4) is 0 Å². The Bertz CT molecular complexity index is 443. The summed E-state index contributed by atoms with van der Waals surface area (Å²) in [4.78, 5) is 13.2. The van der Waals surface area contributed by atoms with Gasteiger partial charge >= 0.3 is 0 Å². The fourth-order valence-corrected chi connectivity index (χ4v) is 4.45. The summed E-state index contributed by atoms with van der Waals surface area (Å²) in [5.74, 6) is 0.975. The maximum Gasteiger partial charge on any atom is 0.241 e. The van der Waals surface area contributed by atoms with Gasteiger partial charge in [-0.05, 0) is 31.6 Å². The molecule has 1 saturated heterocycles. The number of sulfonamides is 1. The van der Waals surface area contributed by atoms with E-state index in [-0.39, 0.29) is 5.91 Å². The normalized spacial score (nSPS) is 26.4. The van der Waals surface area contributed by atoms with Crippen molar-refractivity contribution < 1.29 is 13.2 Å². The Morgan fingerprint density at radius 1 is 1.26 bits per heavy atom. The molecule has 0 aromatic heterocycles. The van der Waals surface area contributed by atoms with Crippen LogP contribution in [0.15, 0.2) is 0 Å². The minimum atomic E-state index is -3.49. The van der Waals surface area contributed by atoms with E-state index in [1.807, 2.05) is 0 Å². The summed E-state index contributed by atoms with van der Waals surface area (Å²) in [5.41, 5.74) is 0. The predicted molar refractivity (Wildman–Crippen MR) is 74.1 cm³/mol. The van der Waals surface area contributed by atoms with Crippen LogP contribution in [-0.2, 0) is 14.8 Å². The molecule has 2 rings (SSSR count). The van der Waals surface area contributed by atoms with Crippen LogP contribution in [0.3, 0.4) is 0 Å². The molecule has 0 radical (unpaired) electrons. The van der Waals surface area contributed by atoms with Gasteiger partial charge in [0, 0.05) is 27.2 Å². The number of amides is 1. The summed E-state index contributed by atoms with van der Waals surface area (Å²) in [5, 5.41) is -0.970. The molecule has 2 unspecified atom stereocenters. The van der Waals surface area contributed by atoms with Crippen molar-refractivity contribution in [2.75, 3.05) is 27.2 Å². The molecule has 110 valence electrons. The van der Waals surface area contributed by atoms with Gasteiger partial charge in [0.1, 0.15) is 0 Å². The van der Waals surface area contributed by atoms with E-state index in [1.54, 1.807) is 14.1 Å². The van der Waals surface area contributed by atoms with Crippen LogP contribution in [0.1, 0.15) is 32.6 Å². The van der Waals surface area contributed by atoms with E-state index < -0.39 is 15.3 Å². The van der Waals surface area contributed by atoms with Gasteiger partial charge in [-0.15, -0.1) is 0 Å². The van der Waals surface area contributed by atoms with E-state index in [0.717, 1.165) is 18.8 Å². The molecule has 5 nitrogen and oxygen atoms in total. The van der Waals surface area contributed by atoms with Crippen molar-refractivity contribution in [2.24, 2.45) is 11.8 Å².